The van der Waals surface area contributed by atoms with E-state index < -0.39 is 0 Å². The predicted molar refractivity (Wildman–Crippen MR) is 53.5 cm³/mol. The van der Waals surface area contributed by atoms with Gasteiger partial charge < -0.3 is 9.84 Å². The highest BCUT2D eigenvalue weighted by Crippen LogP contribution is 2.06. The number of hydrogen-bond acceptors (Lipinski definition) is 6. The molecule has 15 heavy (non-hydrogen) atoms. The summed E-state index contributed by atoms with van der Waals surface area (Å²) >= 11 is 5.67. The molecule has 0 saturated carbocycles. The summed E-state index contributed by atoms with van der Waals surface area (Å²) in [6.45, 7) is 0.647. The third kappa shape index (κ3) is 2.88. The highest BCUT2D eigenvalue weighted by atomic mass is 35.5. The lowest BCUT2D eigenvalue weighted by molar-refractivity contribution is 0.410. The number of halogens is 1. The number of nitrogens with zero attached hydrogens (tertiary/aromatic N) is 4. The number of aromatic nitrogens is 4. The van der Waals surface area contributed by atoms with Crippen LogP contribution in [0.1, 0.15) is 5.82 Å². The van der Waals surface area contributed by atoms with Crippen molar-refractivity contribution in [2.75, 3.05) is 11.9 Å². The van der Waals surface area contributed by atoms with Crippen molar-refractivity contribution in [2.24, 2.45) is 0 Å². The van der Waals surface area contributed by atoms with Crippen LogP contribution in [0.3, 0.4) is 0 Å². The summed E-state index contributed by atoms with van der Waals surface area (Å²) in [6, 6.07) is 0. The molecule has 0 bridgehead atoms. The van der Waals surface area contributed by atoms with Gasteiger partial charge in [-0.25, -0.2) is 4.98 Å². The van der Waals surface area contributed by atoms with Gasteiger partial charge in [-0.1, -0.05) is 16.8 Å². The summed E-state index contributed by atoms with van der Waals surface area (Å²) in [7, 11) is 0. The van der Waals surface area contributed by atoms with Crippen molar-refractivity contribution >= 4 is 17.4 Å². The van der Waals surface area contributed by atoms with Crippen molar-refractivity contribution in [3.63, 3.8) is 0 Å². The smallest absolute Gasteiger partial charge is 0.213 e. The molecule has 2 rings (SSSR count). The molecule has 2 aromatic rings. The van der Waals surface area contributed by atoms with Gasteiger partial charge in [-0.3, -0.25) is 4.98 Å². The molecule has 2 heterocycles. The molecule has 0 saturated heterocycles. The van der Waals surface area contributed by atoms with Crippen LogP contribution in [0.2, 0.25) is 5.15 Å². The zero-order valence-electron chi connectivity index (χ0n) is 7.72. The summed E-state index contributed by atoms with van der Waals surface area (Å²) in [5.41, 5.74) is 0. The molecule has 0 unspecified atom stereocenters. The van der Waals surface area contributed by atoms with Gasteiger partial charge in [-0.2, -0.15) is 4.98 Å². The Hall–Kier alpha value is -1.69. The number of hydrogen-bond donors (Lipinski definition) is 1. The van der Waals surface area contributed by atoms with Gasteiger partial charge in [0.1, 0.15) is 11.0 Å². The first-order chi connectivity index (χ1) is 7.34. The van der Waals surface area contributed by atoms with E-state index in [1.54, 1.807) is 6.20 Å². The summed E-state index contributed by atoms with van der Waals surface area (Å²) in [5.74, 6) is 1.28. The van der Waals surface area contributed by atoms with E-state index in [1.165, 1.54) is 12.6 Å². The van der Waals surface area contributed by atoms with E-state index in [9.17, 15) is 0 Å². The van der Waals surface area contributed by atoms with Crippen LogP contribution in [-0.4, -0.2) is 26.7 Å². The molecule has 1 N–H and O–H groups in total. The zero-order chi connectivity index (χ0) is 10.5. The molecule has 7 heteroatoms. The standard InChI is InChI=1S/C8H8ClN5O/c9-6-3-10-4-8(13-6)11-2-1-7-12-5-15-14-7/h3-5H,1-2H2,(H,11,13). The Morgan fingerprint density at radius 2 is 2.33 bits per heavy atom. The molecular formula is C8H8ClN5O. The van der Waals surface area contributed by atoms with Crippen LogP contribution in [-0.2, 0) is 6.42 Å². The fraction of sp³-hybridized carbons (Fsp3) is 0.250. The van der Waals surface area contributed by atoms with Crippen LogP contribution in [0.5, 0.6) is 0 Å². The minimum atomic E-state index is 0.361. The van der Waals surface area contributed by atoms with Gasteiger partial charge in [-0.05, 0) is 0 Å². The fourth-order valence-electron chi connectivity index (χ4n) is 1.03. The van der Waals surface area contributed by atoms with Crippen LogP contribution < -0.4 is 5.32 Å². The first-order valence-corrected chi connectivity index (χ1v) is 4.69. The van der Waals surface area contributed by atoms with E-state index in [1.807, 2.05) is 0 Å². The van der Waals surface area contributed by atoms with Crippen molar-refractivity contribution in [2.45, 2.75) is 6.42 Å². The van der Waals surface area contributed by atoms with Crippen LogP contribution >= 0.6 is 11.6 Å². The van der Waals surface area contributed by atoms with Gasteiger partial charge in [0.25, 0.3) is 0 Å². The maximum atomic E-state index is 5.67. The Morgan fingerprint density at radius 1 is 1.40 bits per heavy atom. The quantitative estimate of drug-likeness (QED) is 0.842. The van der Waals surface area contributed by atoms with Crippen LogP contribution in [0, 0.1) is 0 Å². The molecular weight excluding hydrogens is 218 g/mol. The van der Waals surface area contributed by atoms with Gasteiger partial charge in [0.2, 0.25) is 6.39 Å². The Kier molecular flexibility index (Phi) is 3.08. The molecule has 0 aliphatic rings. The lowest BCUT2D eigenvalue weighted by atomic mass is 10.4. The van der Waals surface area contributed by atoms with Gasteiger partial charge >= 0.3 is 0 Å². The van der Waals surface area contributed by atoms with Crippen molar-refractivity contribution in [3.8, 4) is 0 Å². The van der Waals surface area contributed by atoms with Gasteiger partial charge in [-0.15, -0.1) is 0 Å². The molecule has 0 atom stereocenters. The van der Waals surface area contributed by atoms with Gasteiger partial charge in [0.15, 0.2) is 5.82 Å². The zero-order valence-corrected chi connectivity index (χ0v) is 8.48. The monoisotopic (exact) mass is 225 g/mol. The molecule has 6 nitrogen and oxygen atoms in total. The average Bonchev–Trinajstić information content (AvgIpc) is 2.71. The van der Waals surface area contributed by atoms with Crippen molar-refractivity contribution in [1.29, 1.82) is 0 Å². The van der Waals surface area contributed by atoms with E-state index in [0.29, 0.717) is 29.8 Å². The van der Waals surface area contributed by atoms with Crippen molar-refractivity contribution < 1.29 is 4.52 Å². The summed E-state index contributed by atoms with van der Waals surface area (Å²) in [5, 5.41) is 7.08. The van der Waals surface area contributed by atoms with Crippen LogP contribution in [0.4, 0.5) is 5.82 Å². The molecule has 2 aromatic heterocycles. The SMILES string of the molecule is Clc1cncc(NCCc2ncon2)n1. The normalized spacial score (nSPS) is 10.2. The number of nitrogens with one attached hydrogen (secondary N) is 1. The number of anilines is 1. The molecule has 0 spiro atoms. The van der Waals surface area contributed by atoms with Crippen LogP contribution in [0.25, 0.3) is 0 Å². The molecule has 0 aromatic carbocycles. The second-order valence-corrected chi connectivity index (χ2v) is 3.14. The maximum absolute atomic E-state index is 5.67. The van der Waals surface area contributed by atoms with Crippen molar-refractivity contribution in [3.05, 3.63) is 29.8 Å². The minimum absolute atomic E-state index is 0.361. The highest BCUT2D eigenvalue weighted by molar-refractivity contribution is 6.29. The fourth-order valence-corrected chi connectivity index (χ4v) is 1.18. The Labute approximate surface area is 90.7 Å². The van der Waals surface area contributed by atoms with E-state index in [0.717, 1.165) is 0 Å². The number of rotatable bonds is 4. The van der Waals surface area contributed by atoms with Gasteiger partial charge in [0, 0.05) is 13.0 Å². The lowest BCUT2D eigenvalue weighted by Crippen LogP contribution is -2.07. The Balaban J connectivity index is 1.83. The maximum Gasteiger partial charge on any atom is 0.213 e. The second-order valence-electron chi connectivity index (χ2n) is 2.75. The third-order valence-corrected chi connectivity index (χ3v) is 1.85. The minimum Gasteiger partial charge on any atom is -0.368 e. The van der Waals surface area contributed by atoms with Gasteiger partial charge in [0.05, 0.1) is 12.4 Å². The molecule has 0 aliphatic carbocycles. The molecule has 0 aliphatic heterocycles. The lowest BCUT2D eigenvalue weighted by Gasteiger charge is -2.02. The van der Waals surface area contributed by atoms with E-state index >= 15 is 0 Å². The average molecular weight is 226 g/mol. The summed E-state index contributed by atoms with van der Waals surface area (Å²) < 4.78 is 4.60. The molecule has 78 valence electrons. The van der Waals surface area contributed by atoms with E-state index in [2.05, 4.69) is 29.9 Å². The van der Waals surface area contributed by atoms with Crippen LogP contribution in [0.15, 0.2) is 23.3 Å². The molecule has 0 radical (unpaired) electrons. The highest BCUT2D eigenvalue weighted by Gasteiger charge is 1.99. The largest absolute Gasteiger partial charge is 0.368 e. The first kappa shape index (κ1) is 9.85. The Morgan fingerprint density at radius 3 is 3.07 bits per heavy atom. The van der Waals surface area contributed by atoms with E-state index in [4.69, 9.17) is 11.6 Å². The first-order valence-electron chi connectivity index (χ1n) is 4.31. The topological polar surface area (TPSA) is 76.7 Å². The summed E-state index contributed by atoms with van der Waals surface area (Å²) in [6.07, 6.45) is 5.03. The molecule has 0 amide bonds. The third-order valence-electron chi connectivity index (χ3n) is 1.67. The molecule has 0 fully saturated rings. The Bertz CT molecular complexity index is 419. The summed E-state index contributed by atoms with van der Waals surface area (Å²) in [4.78, 5) is 11.8. The predicted octanol–water partition coefficient (Wildman–Crippen LogP) is 1.17. The van der Waals surface area contributed by atoms with E-state index in [-0.39, 0.29) is 0 Å². The second kappa shape index (κ2) is 4.70. The van der Waals surface area contributed by atoms with Crippen molar-refractivity contribution in [1.82, 2.24) is 20.1 Å².